The molecule has 3 N–H and O–H groups in total. The minimum absolute atomic E-state index is 0.0388. The van der Waals surface area contributed by atoms with E-state index in [2.05, 4.69) is 14.9 Å². The molecule has 2 heterocycles. The van der Waals surface area contributed by atoms with Crippen LogP contribution in [0.2, 0.25) is 0 Å². The van der Waals surface area contributed by atoms with E-state index in [1.807, 2.05) is 0 Å². The zero-order valence-electron chi connectivity index (χ0n) is 9.15. The van der Waals surface area contributed by atoms with Crippen molar-refractivity contribution >= 4 is 5.82 Å². The Morgan fingerprint density at radius 1 is 1.50 bits per heavy atom. The van der Waals surface area contributed by atoms with Gasteiger partial charge in [0.1, 0.15) is 11.6 Å². The normalized spacial score (nSPS) is 20.9. The number of rotatable bonds is 3. The lowest BCUT2D eigenvalue weighted by Gasteiger charge is -2.39. The van der Waals surface area contributed by atoms with Crippen molar-refractivity contribution in [3.63, 3.8) is 0 Å². The van der Waals surface area contributed by atoms with Crippen molar-refractivity contribution in [1.29, 1.82) is 0 Å². The summed E-state index contributed by atoms with van der Waals surface area (Å²) in [7, 11) is 0. The van der Waals surface area contributed by atoms with E-state index in [1.54, 1.807) is 6.07 Å². The summed E-state index contributed by atoms with van der Waals surface area (Å²) in [5.41, 5.74) is 5.54. The first kappa shape index (κ1) is 9.84. The van der Waals surface area contributed by atoms with E-state index in [9.17, 15) is 4.79 Å². The second-order valence-electron chi connectivity index (χ2n) is 4.77. The largest absolute Gasteiger partial charge is 0.356 e. The Hall–Kier alpha value is -1.36. The molecule has 0 spiro atoms. The van der Waals surface area contributed by atoms with Crippen molar-refractivity contribution in [2.45, 2.75) is 18.8 Å². The van der Waals surface area contributed by atoms with Crippen LogP contribution in [0, 0.1) is 5.92 Å². The van der Waals surface area contributed by atoms with Gasteiger partial charge in [0.25, 0.3) is 5.56 Å². The number of aromatic amines is 1. The summed E-state index contributed by atoms with van der Waals surface area (Å²) < 4.78 is 0. The summed E-state index contributed by atoms with van der Waals surface area (Å²) in [6.07, 6.45) is 2.30. The van der Waals surface area contributed by atoms with E-state index in [0.29, 0.717) is 11.8 Å². The molecule has 0 radical (unpaired) electrons. The highest BCUT2D eigenvalue weighted by Gasteiger charge is 2.30. The summed E-state index contributed by atoms with van der Waals surface area (Å²) in [6.45, 7) is 2.57. The van der Waals surface area contributed by atoms with Crippen LogP contribution in [0.3, 0.4) is 0 Å². The summed E-state index contributed by atoms with van der Waals surface area (Å²) in [4.78, 5) is 21.0. The molecule has 16 heavy (non-hydrogen) atoms. The molecule has 0 atom stereocenters. The number of hydrogen-bond donors (Lipinski definition) is 2. The zero-order valence-corrected chi connectivity index (χ0v) is 9.15. The number of nitrogens with one attached hydrogen (secondary N) is 1. The molecule has 2 fully saturated rings. The van der Waals surface area contributed by atoms with Crippen molar-refractivity contribution in [2.24, 2.45) is 11.7 Å². The predicted molar refractivity (Wildman–Crippen MR) is 61.6 cm³/mol. The number of aromatic nitrogens is 2. The highest BCUT2D eigenvalue weighted by molar-refractivity contribution is 5.41. The Balaban J connectivity index is 1.81. The summed E-state index contributed by atoms with van der Waals surface area (Å²) in [5, 5.41) is 0. The van der Waals surface area contributed by atoms with Crippen molar-refractivity contribution in [1.82, 2.24) is 9.97 Å². The molecule has 1 saturated carbocycles. The molecular formula is C11H16N4O. The topological polar surface area (TPSA) is 75.0 Å². The van der Waals surface area contributed by atoms with Crippen LogP contribution in [0.4, 0.5) is 5.82 Å². The van der Waals surface area contributed by atoms with E-state index in [-0.39, 0.29) is 5.56 Å². The van der Waals surface area contributed by atoms with Gasteiger partial charge in [0, 0.05) is 31.0 Å². The highest BCUT2D eigenvalue weighted by atomic mass is 16.1. The van der Waals surface area contributed by atoms with Crippen LogP contribution in [0.5, 0.6) is 0 Å². The van der Waals surface area contributed by atoms with Gasteiger partial charge in [-0.15, -0.1) is 0 Å². The molecule has 1 aromatic heterocycles. The maximum Gasteiger partial charge on any atom is 0.252 e. The van der Waals surface area contributed by atoms with Crippen LogP contribution in [-0.2, 0) is 0 Å². The van der Waals surface area contributed by atoms with Crippen molar-refractivity contribution < 1.29 is 0 Å². The monoisotopic (exact) mass is 220 g/mol. The fraction of sp³-hybridized carbons (Fsp3) is 0.636. The average Bonchev–Trinajstić information content (AvgIpc) is 2.98. The third-order valence-electron chi connectivity index (χ3n) is 3.33. The van der Waals surface area contributed by atoms with Crippen LogP contribution in [-0.4, -0.2) is 29.6 Å². The predicted octanol–water partition coefficient (Wildman–Crippen LogP) is 0.0422. The SMILES string of the molecule is NCC1CN(c2cc(=O)[nH]c(C3CC3)n2)C1. The van der Waals surface area contributed by atoms with E-state index in [1.165, 1.54) is 0 Å². The first-order valence-corrected chi connectivity index (χ1v) is 5.82. The van der Waals surface area contributed by atoms with Gasteiger partial charge in [-0.05, 0) is 19.4 Å². The quantitative estimate of drug-likeness (QED) is 0.754. The summed E-state index contributed by atoms with van der Waals surface area (Å²) >= 11 is 0. The fourth-order valence-corrected chi connectivity index (χ4v) is 2.08. The Morgan fingerprint density at radius 2 is 2.25 bits per heavy atom. The number of H-pyrrole nitrogens is 1. The molecule has 0 unspecified atom stereocenters. The third kappa shape index (κ3) is 1.71. The van der Waals surface area contributed by atoms with Gasteiger partial charge in [-0.2, -0.15) is 0 Å². The third-order valence-corrected chi connectivity index (χ3v) is 3.33. The van der Waals surface area contributed by atoms with Gasteiger partial charge in [-0.1, -0.05) is 0 Å². The van der Waals surface area contributed by atoms with Crippen molar-refractivity contribution in [3.05, 3.63) is 22.2 Å². The molecule has 86 valence electrons. The summed E-state index contributed by atoms with van der Waals surface area (Å²) in [6, 6.07) is 1.58. The van der Waals surface area contributed by atoms with Gasteiger partial charge < -0.3 is 15.6 Å². The molecule has 1 aliphatic carbocycles. The lowest BCUT2D eigenvalue weighted by molar-refractivity contribution is 0.416. The zero-order chi connectivity index (χ0) is 11.1. The number of anilines is 1. The first-order valence-electron chi connectivity index (χ1n) is 5.82. The van der Waals surface area contributed by atoms with Crippen molar-refractivity contribution in [3.8, 4) is 0 Å². The Kier molecular flexibility index (Phi) is 2.21. The van der Waals surface area contributed by atoms with Gasteiger partial charge >= 0.3 is 0 Å². The second-order valence-corrected chi connectivity index (χ2v) is 4.77. The van der Waals surface area contributed by atoms with Crippen LogP contribution >= 0.6 is 0 Å². The Labute approximate surface area is 93.7 Å². The lowest BCUT2D eigenvalue weighted by Crippen LogP contribution is -2.50. The molecule has 1 aromatic rings. The second kappa shape index (κ2) is 3.59. The Morgan fingerprint density at radius 3 is 2.88 bits per heavy atom. The van der Waals surface area contributed by atoms with Crippen LogP contribution in [0.25, 0.3) is 0 Å². The molecule has 3 rings (SSSR count). The minimum Gasteiger partial charge on any atom is -0.356 e. The Bertz CT molecular complexity index is 446. The molecule has 5 heteroatoms. The maximum atomic E-state index is 11.5. The number of nitrogens with zero attached hydrogens (tertiary/aromatic N) is 2. The van der Waals surface area contributed by atoms with Gasteiger partial charge in [0.05, 0.1) is 0 Å². The van der Waals surface area contributed by atoms with Crippen LogP contribution < -0.4 is 16.2 Å². The number of nitrogens with two attached hydrogens (primary N) is 1. The standard InChI is InChI=1S/C11H16N4O/c12-4-7-5-15(6-7)9-3-10(16)14-11(13-9)8-1-2-8/h3,7-8H,1-2,4-6,12H2,(H,13,14,16). The smallest absolute Gasteiger partial charge is 0.252 e. The van der Waals surface area contributed by atoms with Crippen LogP contribution in [0.15, 0.2) is 10.9 Å². The first-order chi connectivity index (χ1) is 7.76. The fourth-order valence-electron chi connectivity index (χ4n) is 2.08. The molecule has 0 bridgehead atoms. The van der Waals surface area contributed by atoms with Gasteiger partial charge in [0.2, 0.25) is 0 Å². The highest BCUT2D eigenvalue weighted by Crippen LogP contribution is 2.38. The van der Waals surface area contributed by atoms with Gasteiger partial charge in [-0.25, -0.2) is 4.98 Å². The molecule has 2 aliphatic rings. The van der Waals surface area contributed by atoms with Crippen LogP contribution in [0.1, 0.15) is 24.6 Å². The van der Waals surface area contributed by atoms with E-state index in [0.717, 1.165) is 44.1 Å². The van der Waals surface area contributed by atoms with Crippen molar-refractivity contribution in [2.75, 3.05) is 24.5 Å². The van der Waals surface area contributed by atoms with Gasteiger partial charge in [0.15, 0.2) is 0 Å². The molecule has 5 nitrogen and oxygen atoms in total. The van der Waals surface area contributed by atoms with E-state index < -0.39 is 0 Å². The minimum atomic E-state index is -0.0388. The molecule has 1 saturated heterocycles. The van der Waals surface area contributed by atoms with E-state index in [4.69, 9.17) is 5.73 Å². The lowest BCUT2D eigenvalue weighted by atomic mass is 10.0. The molecule has 0 amide bonds. The summed E-state index contributed by atoms with van der Waals surface area (Å²) in [5.74, 6) is 2.72. The average molecular weight is 220 g/mol. The van der Waals surface area contributed by atoms with E-state index >= 15 is 0 Å². The molecular weight excluding hydrogens is 204 g/mol. The molecule has 0 aromatic carbocycles. The number of hydrogen-bond acceptors (Lipinski definition) is 4. The molecule has 1 aliphatic heterocycles. The maximum absolute atomic E-state index is 11.5. The van der Waals surface area contributed by atoms with Gasteiger partial charge in [-0.3, -0.25) is 4.79 Å².